The van der Waals surface area contributed by atoms with Crippen molar-refractivity contribution in [2.75, 3.05) is 0 Å². The van der Waals surface area contributed by atoms with Crippen LogP contribution in [0.2, 0.25) is 0 Å². The SMILES string of the molecule is Cn1c(=O)c2c(S)c(C=O)sc2n(C)c1=O.[CH2]=[V]. The van der Waals surface area contributed by atoms with Crippen molar-refractivity contribution in [1.29, 1.82) is 0 Å². The topological polar surface area (TPSA) is 61.1 Å². The summed E-state index contributed by atoms with van der Waals surface area (Å²) in [6.07, 6.45) is 0.636. The molecule has 8 heteroatoms. The van der Waals surface area contributed by atoms with Crippen molar-refractivity contribution in [3.63, 3.8) is 0 Å². The van der Waals surface area contributed by atoms with Crippen LogP contribution >= 0.6 is 24.0 Å². The standard InChI is InChI=1S/C9H8N2O3S2.CH2.V/c1-10-7(13)5-6(15)4(3-12)16-8(5)11(2)9(10)14;;/h3,15H,1-2H3;1H2;. The van der Waals surface area contributed by atoms with Crippen LogP contribution < -0.4 is 11.2 Å². The molecular formula is C10H10N2O3S2V. The van der Waals surface area contributed by atoms with Crippen LogP contribution in [0.1, 0.15) is 9.67 Å². The molecule has 0 bridgehead atoms. The summed E-state index contributed by atoms with van der Waals surface area (Å²) in [6.45, 7) is 0. The number of aldehydes is 1. The first-order chi connectivity index (χ1) is 8.49. The zero-order chi connectivity index (χ0) is 14.0. The molecule has 0 aliphatic carbocycles. The van der Waals surface area contributed by atoms with E-state index in [1.165, 1.54) is 11.6 Å². The molecule has 2 aromatic heterocycles. The maximum absolute atomic E-state index is 11.8. The minimum atomic E-state index is -0.424. The van der Waals surface area contributed by atoms with Crippen molar-refractivity contribution >= 4 is 45.7 Å². The number of hydrogen-bond acceptors (Lipinski definition) is 5. The van der Waals surface area contributed by atoms with Gasteiger partial charge in [-0.1, -0.05) is 0 Å². The van der Waals surface area contributed by atoms with Crippen LogP contribution in [0.25, 0.3) is 10.2 Å². The van der Waals surface area contributed by atoms with Gasteiger partial charge in [-0.2, -0.15) is 0 Å². The van der Waals surface area contributed by atoms with Crippen LogP contribution in [0.4, 0.5) is 0 Å². The van der Waals surface area contributed by atoms with E-state index in [2.05, 4.69) is 34.8 Å². The molecule has 5 nitrogen and oxygen atoms in total. The number of rotatable bonds is 1. The van der Waals surface area contributed by atoms with Crippen molar-refractivity contribution in [1.82, 2.24) is 9.13 Å². The van der Waals surface area contributed by atoms with Gasteiger partial charge in [-0.15, -0.1) is 24.0 Å². The predicted octanol–water partition coefficient (Wildman–Crippen LogP) is 0.365. The fraction of sp³-hybridized carbons (Fsp3) is 0.200. The monoisotopic (exact) mass is 321 g/mol. The van der Waals surface area contributed by atoms with Gasteiger partial charge in [0.05, 0.1) is 10.3 Å². The first-order valence-electron chi connectivity index (χ1n) is 4.67. The third-order valence-corrected chi connectivity index (χ3v) is 4.20. The van der Waals surface area contributed by atoms with Gasteiger partial charge in [0, 0.05) is 19.0 Å². The van der Waals surface area contributed by atoms with Crippen LogP contribution in [-0.2, 0) is 31.1 Å². The molecule has 0 N–H and O–H groups in total. The maximum atomic E-state index is 11.8. The third-order valence-electron chi connectivity index (χ3n) is 2.39. The average molecular weight is 321 g/mol. The van der Waals surface area contributed by atoms with Crippen LogP contribution in [0.5, 0.6) is 0 Å². The van der Waals surface area contributed by atoms with E-state index in [0.717, 1.165) is 15.9 Å². The predicted molar refractivity (Wildman–Crippen MR) is 72.1 cm³/mol. The second-order valence-electron chi connectivity index (χ2n) is 3.32. The minimum absolute atomic E-state index is 0.319. The van der Waals surface area contributed by atoms with Crippen LogP contribution in [-0.4, -0.2) is 20.7 Å². The number of hydrogen-bond donors (Lipinski definition) is 1. The second-order valence-corrected chi connectivity index (χ2v) is 4.80. The van der Waals surface area contributed by atoms with Gasteiger partial charge in [0.2, 0.25) is 0 Å². The molecule has 0 unspecified atom stereocenters. The van der Waals surface area contributed by atoms with Crippen molar-refractivity contribution in [2.24, 2.45) is 14.1 Å². The summed E-state index contributed by atoms with van der Waals surface area (Å²) < 4.78 is 2.34. The van der Waals surface area contributed by atoms with Crippen LogP contribution in [0.3, 0.4) is 0 Å². The summed E-state index contributed by atoms with van der Waals surface area (Å²) in [5.41, 5.74) is -0.836. The van der Waals surface area contributed by atoms with Crippen molar-refractivity contribution in [3.8, 4) is 0 Å². The van der Waals surface area contributed by atoms with Gasteiger partial charge < -0.3 is 0 Å². The summed E-state index contributed by atoms with van der Waals surface area (Å²) in [5.74, 6) is 0. The van der Waals surface area contributed by atoms with Gasteiger partial charge >= 0.3 is 27.9 Å². The Morgan fingerprint density at radius 3 is 2.33 bits per heavy atom. The van der Waals surface area contributed by atoms with E-state index in [1.54, 1.807) is 7.05 Å². The number of aryl methyl sites for hydroxylation is 1. The molecule has 0 fully saturated rings. The fourth-order valence-corrected chi connectivity index (χ4v) is 2.93. The van der Waals surface area contributed by atoms with E-state index in [4.69, 9.17) is 0 Å². The molecule has 2 heterocycles. The van der Waals surface area contributed by atoms with E-state index >= 15 is 0 Å². The van der Waals surface area contributed by atoms with Crippen molar-refractivity contribution < 1.29 is 21.8 Å². The number of aromatic nitrogens is 2. The Morgan fingerprint density at radius 1 is 1.28 bits per heavy atom. The molecule has 2 aromatic rings. The van der Waals surface area contributed by atoms with Gasteiger partial charge in [0.25, 0.3) is 5.56 Å². The Balaban J connectivity index is 0.000000771. The van der Waals surface area contributed by atoms with Gasteiger partial charge in [0.1, 0.15) is 4.83 Å². The Morgan fingerprint density at radius 2 is 1.83 bits per heavy atom. The summed E-state index contributed by atoms with van der Waals surface area (Å²) in [5, 5.41) is 3.51. The van der Waals surface area contributed by atoms with E-state index < -0.39 is 11.2 Å². The number of thiophene rings is 1. The normalized spacial score (nSPS) is 9.89. The Bertz CT molecular complexity index is 729. The number of nitrogens with zero attached hydrogens (tertiary/aromatic N) is 2. The van der Waals surface area contributed by atoms with Crippen molar-refractivity contribution in [3.05, 3.63) is 25.7 Å². The molecule has 2 rings (SSSR count). The second kappa shape index (κ2) is 5.84. The summed E-state index contributed by atoms with van der Waals surface area (Å²) >= 11 is 7.30. The van der Waals surface area contributed by atoms with Gasteiger partial charge in [-0.3, -0.25) is 18.7 Å². The first-order valence-corrected chi connectivity index (χ1v) is 6.92. The van der Waals surface area contributed by atoms with Crippen molar-refractivity contribution in [2.45, 2.75) is 4.90 Å². The van der Waals surface area contributed by atoms with Gasteiger partial charge in [0.15, 0.2) is 6.29 Å². The molecule has 0 saturated heterocycles. The number of thiol groups is 1. The van der Waals surface area contributed by atoms with Gasteiger partial charge in [-0.05, 0) is 0 Å². The van der Waals surface area contributed by atoms with E-state index in [0.29, 0.717) is 26.3 Å². The number of carbonyl (C=O) groups excluding carboxylic acids is 1. The first kappa shape index (κ1) is 15.2. The molecule has 0 aromatic carbocycles. The average Bonchev–Trinajstić information content (AvgIpc) is 2.73. The van der Waals surface area contributed by atoms with Crippen LogP contribution in [0, 0.1) is 0 Å². The van der Waals surface area contributed by atoms with Crippen LogP contribution in [0.15, 0.2) is 14.5 Å². The summed E-state index contributed by atoms with van der Waals surface area (Å²) in [4.78, 5) is 35.4. The molecule has 0 atom stereocenters. The van der Waals surface area contributed by atoms with E-state index in [1.807, 2.05) is 0 Å². The Kier molecular flexibility index (Phi) is 4.92. The fourth-order valence-electron chi connectivity index (χ4n) is 1.50. The molecule has 0 saturated carbocycles. The molecule has 0 radical (unpaired) electrons. The quantitative estimate of drug-likeness (QED) is 0.610. The molecule has 0 spiro atoms. The zero-order valence-electron chi connectivity index (χ0n) is 9.71. The summed E-state index contributed by atoms with van der Waals surface area (Å²) in [6, 6.07) is 0. The van der Waals surface area contributed by atoms with Gasteiger partial charge in [-0.25, -0.2) is 4.79 Å². The molecule has 0 aliphatic rings. The molecule has 0 aliphatic heterocycles. The third kappa shape index (κ3) is 2.19. The summed E-state index contributed by atoms with van der Waals surface area (Å²) in [7, 11) is 2.96. The number of fused-ring (bicyclic) bond motifs is 1. The molecular weight excluding hydrogens is 311 g/mol. The van der Waals surface area contributed by atoms with E-state index in [9.17, 15) is 14.4 Å². The van der Waals surface area contributed by atoms with E-state index in [-0.39, 0.29) is 0 Å². The molecule has 0 amide bonds. The Hall–Kier alpha value is -0.886. The molecule has 95 valence electrons. The number of carbonyl (C=O) groups is 1. The molecule has 18 heavy (non-hydrogen) atoms. The Labute approximate surface area is 121 Å². The zero-order valence-corrected chi connectivity index (χ0v) is 12.8.